The van der Waals surface area contributed by atoms with Crippen LogP contribution in [0.1, 0.15) is 11.1 Å². The maximum atomic E-state index is 13.0. The third kappa shape index (κ3) is 5.47. The van der Waals surface area contributed by atoms with Gasteiger partial charge in [-0.1, -0.05) is 36.9 Å². The van der Waals surface area contributed by atoms with Gasteiger partial charge in [0.15, 0.2) is 0 Å². The number of nitrogens with one attached hydrogen (secondary N) is 1. The zero-order chi connectivity index (χ0) is 19.9. The Balaban J connectivity index is 2.21. The van der Waals surface area contributed by atoms with E-state index in [9.17, 15) is 23.2 Å². The molecule has 0 aliphatic carbocycles. The van der Waals surface area contributed by atoms with Crippen LogP contribution < -0.4 is 10.1 Å². The van der Waals surface area contributed by atoms with Crippen LogP contribution in [0.25, 0.3) is 6.08 Å². The summed E-state index contributed by atoms with van der Waals surface area (Å²) < 4.78 is 44.3. The van der Waals surface area contributed by atoms with E-state index in [1.807, 2.05) is 0 Å². The molecule has 0 aromatic heterocycles. The lowest BCUT2D eigenvalue weighted by Crippen LogP contribution is -2.17. The van der Waals surface area contributed by atoms with Gasteiger partial charge in [-0.3, -0.25) is 4.79 Å². The van der Waals surface area contributed by atoms with Crippen molar-refractivity contribution < 1.29 is 22.7 Å². The van der Waals surface area contributed by atoms with E-state index in [2.05, 4.69) is 11.9 Å². The maximum absolute atomic E-state index is 13.0. The number of carbonyl (C=O) groups is 1. The third-order valence-electron chi connectivity index (χ3n) is 3.40. The number of hydrogen-bond acceptors (Lipinski definition) is 3. The molecular weight excluding hydrogens is 357 g/mol. The summed E-state index contributed by atoms with van der Waals surface area (Å²) in [5, 5.41) is 11.3. The monoisotopic (exact) mass is 372 g/mol. The molecule has 0 aliphatic heterocycles. The fourth-order valence-electron chi connectivity index (χ4n) is 2.16. The minimum absolute atomic E-state index is 0.327. The van der Waals surface area contributed by atoms with Gasteiger partial charge in [-0.25, -0.2) is 0 Å². The number of ether oxygens (including phenoxy) is 1. The van der Waals surface area contributed by atoms with Crippen LogP contribution in [0.4, 0.5) is 18.9 Å². The molecule has 2 rings (SSSR count). The fourth-order valence-corrected chi connectivity index (χ4v) is 2.16. The molecule has 0 spiro atoms. The van der Waals surface area contributed by atoms with Crippen molar-refractivity contribution in [2.45, 2.75) is 6.18 Å². The highest BCUT2D eigenvalue weighted by Gasteiger charge is 2.33. The van der Waals surface area contributed by atoms with Gasteiger partial charge in [0.2, 0.25) is 0 Å². The lowest BCUT2D eigenvalue weighted by Gasteiger charge is -2.13. The molecule has 0 saturated carbocycles. The minimum atomic E-state index is -4.62. The van der Waals surface area contributed by atoms with E-state index in [1.165, 1.54) is 18.2 Å². The lowest BCUT2D eigenvalue weighted by molar-refractivity contribution is -0.137. The number of amides is 1. The zero-order valence-electron chi connectivity index (χ0n) is 14.1. The number of anilines is 1. The molecule has 0 heterocycles. The average molecular weight is 372 g/mol. The summed E-state index contributed by atoms with van der Waals surface area (Å²) in [7, 11) is 0. The molecular formula is C20H15F3N2O2. The first-order valence-electron chi connectivity index (χ1n) is 7.78. The van der Waals surface area contributed by atoms with Crippen molar-refractivity contribution in [3.8, 4) is 11.8 Å². The quantitative estimate of drug-likeness (QED) is 0.449. The van der Waals surface area contributed by atoms with Gasteiger partial charge in [0.1, 0.15) is 24.0 Å². The molecule has 138 valence electrons. The van der Waals surface area contributed by atoms with Crippen LogP contribution in [-0.2, 0) is 11.0 Å². The summed E-state index contributed by atoms with van der Waals surface area (Å²) in [6.07, 6.45) is -1.75. The number of para-hydroxylation sites is 1. The number of nitrogens with zero attached hydrogens (tertiary/aromatic N) is 1. The van der Waals surface area contributed by atoms with Gasteiger partial charge in [-0.05, 0) is 35.9 Å². The Labute approximate surface area is 154 Å². The molecule has 0 atom stereocenters. The molecule has 0 aliphatic rings. The Morgan fingerprint density at radius 1 is 1.19 bits per heavy atom. The van der Waals surface area contributed by atoms with E-state index >= 15 is 0 Å². The highest BCUT2D eigenvalue weighted by atomic mass is 19.4. The van der Waals surface area contributed by atoms with Crippen LogP contribution in [0.15, 0.2) is 66.8 Å². The smallest absolute Gasteiger partial charge is 0.418 e. The first kappa shape index (κ1) is 19.8. The molecule has 0 fully saturated rings. The van der Waals surface area contributed by atoms with Gasteiger partial charge in [0, 0.05) is 0 Å². The highest BCUT2D eigenvalue weighted by molar-refractivity contribution is 6.10. The van der Waals surface area contributed by atoms with E-state index in [0.29, 0.717) is 17.9 Å². The Kier molecular flexibility index (Phi) is 6.39. The molecule has 0 saturated heterocycles. The third-order valence-corrected chi connectivity index (χ3v) is 3.40. The van der Waals surface area contributed by atoms with Crippen molar-refractivity contribution in [3.05, 3.63) is 77.9 Å². The zero-order valence-corrected chi connectivity index (χ0v) is 14.1. The molecule has 7 heteroatoms. The van der Waals surface area contributed by atoms with Crippen molar-refractivity contribution in [2.24, 2.45) is 0 Å². The van der Waals surface area contributed by atoms with E-state index in [0.717, 1.165) is 12.1 Å². The van der Waals surface area contributed by atoms with Crippen molar-refractivity contribution >= 4 is 17.7 Å². The number of halogens is 3. The summed E-state index contributed by atoms with van der Waals surface area (Å²) >= 11 is 0. The maximum Gasteiger partial charge on any atom is 0.418 e. The van der Waals surface area contributed by atoms with Gasteiger partial charge in [-0.15, -0.1) is 0 Å². The summed E-state index contributed by atoms with van der Waals surface area (Å²) in [6.45, 7) is 3.87. The second-order valence-electron chi connectivity index (χ2n) is 5.34. The fraction of sp³-hybridized carbons (Fsp3) is 0.100. The lowest BCUT2D eigenvalue weighted by atomic mass is 10.1. The van der Waals surface area contributed by atoms with E-state index in [4.69, 9.17) is 4.74 Å². The summed E-state index contributed by atoms with van der Waals surface area (Å²) in [6, 6.07) is 12.8. The Morgan fingerprint density at radius 3 is 2.44 bits per heavy atom. The number of rotatable bonds is 6. The van der Waals surface area contributed by atoms with Crippen molar-refractivity contribution in [3.63, 3.8) is 0 Å². The molecule has 2 aromatic rings. The summed E-state index contributed by atoms with van der Waals surface area (Å²) in [5.41, 5.74) is -1.20. The van der Waals surface area contributed by atoms with Crippen LogP contribution in [0, 0.1) is 11.3 Å². The van der Waals surface area contributed by atoms with Gasteiger partial charge < -0.3 is 10.1 Å². The second-order valence-corrected chi connectivity index (χ2v) is 5.34. The minimum Gasteiger partial charge on any atom is -0.490 e. The Bertz CT molecular complexity index is 895. The molecule has 0 bridgehead atoms. The number of hydrogen-bond donors (Lipinski definition) is 1. The van der Waals surface area contributed by atoms with Crippen molar-refractivity contribution in [1.82, 2.24) is 0 Å². The Morgan fingerprint density at radius 2 is 1.85 bits per heavy atom. The van der Waals surface area contributed by atoms with E-state index in [1.54, 1.807) is 36.4 Å². The SMILES string of the molecule is C=CCOc1ccc(/C=C(\C#N)C(=O)Nc2ccccc2C(F)(F)F)cc1. The molecule has 4 nitrogen and oxygen atoms in total. The molecule has 0 unspecified atom stereocenters. The average Bonchev–Trinajstić information content (AvgIpc) is 2.64. The van der Waals surface area contributed by atoms with Crippen LogP contribution in [0.2, 0.25) is 0 Å². The van der Waals surface area contributed by atoms with E-state index in [-0.39, 0.29) is 5.57 Å². The molecule has 0 radical (unpaired) electrons. The number of alkyl halides is 3. The topological polar surface area (TPSA) is 62.1 Å². The number of carbonyl (C=O) groups excluding carboxylic acids is 1. The molecule has 2 aromatic carbocycles. The standard InChI is InChI=1S/C20H15F3N2O2/c1-2-11-27-16-9-7-14(8-10-16)12-15(13-24)19(26)25-18-6-4-3-5-17(18)20(21,22)23/h2-10,12H,1,11H2,(H,25,26)/b15-12+. The summed E-state index contributed by atoms with van der Waals surface area (Å²) in [4.78, 5) is 12.2. The van der Waals surface area contributed by atoms with Gasteiger partial charge in [0.25, 0.3) is 5.91 Å². The van der Waals surface area contributed by atoms with Crippen LogP contribution in [0.3, 0.4) is 0 Å². The Hall–Kier alpha value is -3.53. The van der Waals surface area contributed by atoms with Crippen LogP contribution in [0.5, 0.6) is 5.75 Å². The van der Waals surface area contributed by atoms with Gasteiger partial charge in [-0.2, -0.15) is 18.4 Å². The highest BCUT2D eigenvalue weighted by Crippen LogP contribution is 2.34. The molecule has 27 heavy (non-hydrogen) atoms. The van der Waals surface area contributed by atoms with E-state index < -0.39 is 23.3 Å². The normalized spacial score (nSPS) is 11.4. The predicted molar refractivity (Wildman–Crippen MR) is 95.8 cm³/mol. The van der Waals surface area contributed by atoms with Crippen molar-refractivity contribution in [1.29, 1.82) is 5.26 Å². The van der Waals surface area contributed by atoms with Crippen LogP contribution in [-0.4, -0.2) is 12.5 Å². The number of benzene rings is 2. The summed E-state index contributed by atoms with van der Waals surface area (Å²) in [5.74, 6) is -0.352. The molecule has 1 amide bonds. The molecule has 1 N–H and O–H groups in total. The van der Waals surface area contributed by atoms with Gasteiger partial charge in [0.05, 0.1) is 11.3 Å². The largest absolute Gasteiger partial charge is 0.490 e. The second kappa shape index (κ2) is 8.72. The van der Waals surface area contributed by atoms with Crippen molar-refractivity contribution in [2.75, 3.05) is 11.9 Å². The predicted octanol–water partition coefficient (Wildman–Crippen LogP) is 4.82. The number of nitriles is 1. The van der Waals surface area contributed by atoms with Gasteiger partial charge >= 0.3 is 6.18 Å². The first-order valence-corrected chi connectivity index (χ1v) is 7.78. The van der Waals surface area contributed by atoms with Crippen LogP contribution >= 0.6 is 0 Å². The first-order chi connectivity index (χ1) is 12.8.